The molecule has 4 N–H and O–H groups in total. The number of sulfonamides is 1. The summed E-state index contributed by atoms with van der Waals surface area (Å²) in [5.74, 6) is -0.671. The summed E-state index contributed by atoms with van der Waals surface area (Å²) in [6.45, 7) is 0. The average Bonchev–Trinajstić information content (AvgIpc) is 3.13. The van der Waals surface area contributed by atoms with Crippen LogP contribution in [0.1, 0.15) is 5.76 Å². The van der Waals surface area contributed by atoms with Gasteiger partial charge in [0.2, 0.25) is 21.7 Å². The van der Waals surface area contributed by atoms with Gasteiger partial charge in [-0.25, -0.2) is 22.9 Å². The molecular weight excluding hydrogens is 447 g/mol. The molecule has 2 aromatic heterocycles. The number of rotatable bonds is 5. The van der Waals surface area contributed by atoms with E-state index in [1.165, 1.54) is 18.2 Å². The Morgan fingerprint density at radius 1 is 1.13 bits per heavy atom. The van der Waals surface area contributed by atoms with Crippen molar-refractivity contribution < 1.29 is 17.2 Å². The average molecular weight is 459 g/mol. The van der Waals surface area contributed by atoms with E-state index in [1.807, 2.05) is 6.07 Å². The van der Waals surface area contributed by atoms with Crippen molar-refractivity contribution in [1.29, 1.82) is 5.26 Å². The molecule has 31 heavy (non-hydrogen) atoms. The second kappa shape index (κ2) is 7.84. The SMILES string of the molecule is N#Cc1cc2cc(Nc3nc(Nc4ccc(Cl)c(S(N)(=O)=O)c4)ncc3F)ccc2o1. The topological polar surface area (TPSA) is 147 Å². The van der Waals surface area contributed by atoms with Crippen LogP contribution in [0, 0.1) is 17.1 Å². The molecule has 9 nitrogen and oxygen atoms in total. The molecule has 4 aromatic rings. The van der Waals surface area contributed by atoms with Crippen LogP contribution in [0.3, 0.4) is 0 Å². The Hall–Kier alpha value is -3.72. The predicted molar refractivity (Wildman–Crippen MR) is 112 cm³/mol. The highest BCUT2D eigenvalue weighted by Gasteiger charge is 2.15. The number of hydrogen-bond acceptors (Lipinski definition) is 8. The number of primary sulfonamides is 1. The Labute approximate surface area is 180 Å². The van der Waals surface area contributed by atoms with Crippen molar-refractivity contribution in [2.45, 2.75) is 4.90 Å². The van der Waals surface area contributed by atoms with Gasteiger partial charge in [0.25, 0.3) is 0 Å². The Morgan fingerprint density at radius 3 is 2.61 bits per heavy atom. The van der Waals surface area contributed by atoms with E-state index in [0.29, 0.717) is 16.7 Å². The van der Waals surface area contributed by atoms with E-state index < -0.39 is 15.8 Å². The molecule has 0 aliphatic carbocycles. The molecule has 12 heteroatoms. The van der Waals surface area contributed by atoms with Gasteiger partial charge in [-0.15, -0.1) is 0 Å². The zero-order chi connectivity index (χ0) is 22.2. The molecule has 0 aliphatic heterocycles. The molecule has 2 aromatic carbocycles. The third-order valence-corrected chi connectivity index (χ3v) is 5.52. The Morgan fingerprint density at radius 2 is 1.87 bits per heavy atom. The number of nitrogens with zero attached hydrogens (tertiary/aromatic N) is 3. The quantitative estimate of drug-likeness (QED) is 0.406. The first-order chi connectivity index (χ1) is 14.7. The molecular formula is C19H12ClFN6O3S. The summed E-state index contributed by atoms with van der Waals surface area (Å²) in [4.78, 5) is 7.66. The lowest BCUT2D eigenvalue weighted by Crippen LogP contribution is -2.13. The minimum absolute atomic E-state index is 0.00254. The van der Waals surface area contributed by atoms with Gasteiger partial charge in [0, 0.05) is 22.8 Å². The number of nitrogens with one attached hydrogen (secondary N) is 2. The largest absolute Gasteiger partial charge is 0.446 e. The van der Waals surface area contributed by atoms with E-state index in [0.717, 1.165) is 6.20 Å². The molecule has 0 aliphatic rings. The first-order valence-corrected chi connectivity index (χ1v) is 10.5. The summed E-state index contributed by atoms with van der Waals surface area (Å²) in [5, 5.41) is 20.3. The first-order valence-electron chi connectivity index (χ1n) is 8.55. The number of furan rings is 1. The molecule has 0 amide bonds. The zero-order valence-electron chi connectivity index (χ0n) is 15.4. The molecule has 0 saturated carbocycles. The predicted octanol–water partition coefficient (Wildman–Crippen LogP) is 4.02. The molecule has 2 heterocycles. The van der Waals surface area contributed by atoms with Crippen LogP contribution in [0.15, 0.2) is 58.0 Å². The number of fused-ring (bicyclic) bond motifs is 1. The molecule has 0 spiro atoms. The Kier molecular flexibility index (Phi) is 5.20. The minimum Gasteiger partial charge on any atom is -0.446 e. The number of benzene rings is 2. The van der Waals surface area contributed by atoms with Crippen molar-refractivity contribution in [3.8, 4) is 6.07 Å². The second-order valence-corrected chi connectivity index (χ2v) is 8.24. The van der Waals surface area contributed by atoms with Gasteiger partial charge in [0.05, 0.1) is 11.2 Å². The second-order valence-electron chi connectivity index (χ2n) is 6.31. The molecule has 0 saturated heterocycles. The number of nitriles is 1. The van der Waals surface area contributed by atoms with Crippen molar-refractivity contribution in [1.82, 2.24) is 9.97 Å². The van der Waals surface area contributed by atoms with Gasteiger partial charge in [0.1, 0.15) is 16.5 Å². The van der Waals surface area contributed by atoms with Gasteiger partial charge in [0.15, 0.2) is 11.6 Å². The van der Waals surface area contributed by atoms with Gasteiger partial charge >= 0.3 is 0 Å². The van der Waals surface area contributed by atoms with Crippen molar-refractivity contribution in [2.75, 3.05) is 10.6 Å². The Bertz CT molecular complexity index is 1470. The van der Waals surface area contributed by atoms with E-state index >= 15 is 0 Å². The van der Waals surface area contributed by atoms with Crippen molar-refractivity contribution >= 4 is 55.7 Å². The van der Waals surface area contributed by atoms with E-state index in [-0.39, 0.29) is 33.1 Å². The van der Waals surface area contributed by atoms with Gasteiger partial charge in [-0.1, -0.05) is 11.6 Å². The van der Waals surface area contributed by atoms with E-state index in [4.69, 9.17) is 26.4 Å². The molecule has 0 atom stereocenters. The fourth-order valence-corrected chi connectivity index (χ4v) is 3.83. The highest BCUT2D eigenvalue weighted by molar-refractivity contribution is 7.89. The Balaban J connectivity index is 1.61. The van der Waals surface area contributed by atoms with Crippen LogP contribution in [-0.2, 0) is 10.0 Å². The van der Waals surface area contributed by atoms with Gasteiger partial charge < -0.3 is 15.1 Å². The van der Waals surface area contributed by atoms with E-state index in [2.05, 4.69) is 20.6 Å². The molecule has 4 rings (SSSR count). The van der Waals surface area contributed by atoms with E-state index in [1.54, 1.807) is 24.3 Å². The first kappa shape index (κ1) is 20.5. The summed E-state index contributed by atoms with van der Waals surface area (Å²) in [7, 11) is -4.03. The smallest absolute Gasteiger partial charge is 0.239 e. The summed E-state index contributed by atoms with van der Waals surface area (Å²) < 4.78 is 42.8. The van der Waals surface area contributed by atoms with Crippen molar-refractivity contribution in [3.63, 3.8) is 0 Å². The summed E-state index contributed by atoms with van der Waals surface area (Å²) >= 11 is 5.87. The van der Waals surface area contributed by atoms with Crippen LogP contribution in [-0.4, -0.2) is 18.4 Å². The molecule has 0 unspecified atom stereocenters. The summed E-state index contributed by atoms with van der Waals surface area (Å²) in [6, 6.07) is 12.5. The maximum atomic E-state index is 14.2. The van der Waals surface area contributed by atoms with Gasteiger partial charge in [-0.05, 0) is 36.4 Å². The van der Waals surface area contributed by atoms with Gasteiger partial charge in [-0.2, -0.15) is 10.2 Å². The van der Waals surface area contributed by atoms with Crippen LogP contribution in [0.4, 0.5) is 27.5 Å². The van der Waals surface area contributed by atoms with Crippen LogP contribution in [0.5, 0.6) is 0 Å². The lowest BCUT2D eigenvalue weighted by molar-refractivity contribution is 0.597. The van der Waals surface area contributed by atoms with Crippen LogP contribution in [0.25, 0.3) is 11.0 Å². The minimum atomic E-state index is -4.03. The lowest BCUT2D eigenvalue weighted by atomic mass is 10.2. The molecule has 0 fully saturated rings. The van der Waals surface area contributed by atoms with Crippen LogP contribution in [0.2, 0.25) is 5.02 Å². The number of nitrogens with two attached hydrogens (primary N) is 1. The standard InChI is InChI=1S/C19H12ClFN6O3S/c20-14-3-1-12(7-17(14)31(23,28)29)26-19-24-9-15(21)18(27-19)25-11-2-4-16-10(5-11)6-13(8-22)30-16/h1-7,9H,(H2,23,28,29)(H2,24,25,26,27). The molecule has 0 bridgehead atoms. The maximum Gasteiger partial charge on any atom is 0.239 e. The highest BCUT2D eigenvalue weighted by atomic mass is 35.5. The van der Waals surface area contributed by atoms with Crippen LogP contribution < -0.4 is 15.8 Å². The molecule has 156 valence electrons. The zero-order valence-corrected chi connectivity index (χ0v) is 17.0. The monoisotopic (exact) mass is 458 g/mol. The number of aromatic nitrogens is 2. The van der Waals surface area contributed by atoms with Crippen molar-refractivity contribution in [3.05, 3.63) is 65.3 Å². The maximum absolute atomic E-state index is 14.2. The number of anilines is 4. The normalized spacial score (nSPS) is 11.3. The summed E-state index contributed by atoms with van der Waals surface area (Å²) in [5.41, 5.74) is 1.31. The lowest BCUT2D eigenvalue weighted by Gasteiger charge is -2.10. The molecule has 0 radical (unpaired) electrons. The highest BCUT2D eigenvalue weighted by Crippen LogP contribution is 2.27. The number of hydrogen-bond donors (Lipinski definition) is 3. The fourth-order valence-electron chi connectivity index (χ4n) is 2.76. The third kappa shape index (κ3) is 4.41. The van der Waals surface area contributed by atoms with Crippen LogP contribution >= 0.6 is 11.6 Å². The number of halogens is 2. The van der Waals surface area contributed by atoms with Crippen molar-refractivity contribution in [2.24, 2.45) is 5.14 Å². The van der Waals surface area contributed by atoms with E-state index in [9.17, 15) is 12.8 Å². The summed E-state index contributed by atoms with van der Waals surface area (Å²) in [6.07, 6.45) is 0.957. The third-order valence-electron chi connectivity index (χ3n) is 4.13. The van der Waals surface area contributed by atoms with Gasteiger partial charge in [-0.3, -0.25) is 0 Å². The fraction of sp³-hybridized carbons (Fsp3) is 0.